The number of nitrogens with one attached hydrogen (secondary N) is 2. The van der Waals surface area contributed by atoms with Crippen LogP contribution >= 0.6 is 11.3 Å². The Bertz CT molecular complexity index is 700. The third-order valence-corrected chi connectivity index (χ3v) is 4.59. The van der Waals surface area contributed by atoms with Gasteiger partial charge in [0.1, 0.15) is 12.7 Å². The molecule has 0 unspecified atom stereocenters. The van der Waals surface area contributed by atoms with Gasteiger partial charge in [0.05, 0.1) is 19.1 Å². The second kappa shape index (κ2) is 7.57. The molecule has 24 heavy (non-hydrogen) atoms. The first-order valence-corrected chi connectivity index (χ1v) is 8.47. The predicted octanol–water partition coefficient (Wildman–Crippen LogP) is 1.48. The summed E-state index contributed by atoms with van der Waals surface area (Å²) in [6.45, 7) is 0.296. The van der Waals surface area contributed by atoms with E-state index in [1.54, 1.807) is 35.6 Å². The van der Waals surface area contributed by atoms with Crippen molar-refractivity contribution in [3.8, 4) is 0 Å². The van der Waals surface area contributed by atoms with E-state index < -0.39 is 12.1 Å². The van der Waals surface area contributed by atoms with Crippen molar-refractivity contribution in [3.05, 3.63) is 52.2 Å². The summed E-state index contributed by atoms with van der Waals surface area (Å²) in [7, 11) is 0. The lowest BCUT2D eigenvalue weighted by molar-refractivity contribution is -0.133. The van der Waals surface area contributed by atoms with E-state index in [-0.39, 0.29) is 25.0 Å². The van der Waals surface area contributed by atoms with Crippen LogP contribution in [-0.2, 0) is 20.7 Å². The first-order chi connectivity index (χ1) is 11.6. The molecule has 0 spiro atoms. The summed E-state index contributed by atoms with van der Waals surface area (Å²) >= 11 is 1.54. The monoisotopic (exact) mass is 346 g/mol. The Morgan fingerprint density at radius 1 is 1.38 bits per heavy atom. The van der Waals surface area contributed by atoms with Gasteiger partial charge < -0.3 is 20.5 Å². The minimum absolute atomic E-state index is 0.0262. The van der Waals surface area contributed by atoms with Crippen LogP contribution in [0.3, 0.4) is 0 Å². The van der Waals surface area contributed by atoms with Gasteiger partial charge >= 0.3 is 0 Å². The minimum atomic E-state index is -0.856. The highest BCUT2D eigenvalue weighted by Crippen LogP contribution is 2.21. The predicted molar refractivity (Wildman–Crippen MR) is 90.8 cm³/mol. The number of carbonyl (C=O) groups excluding carboxylic acids is 2. The molecule has 1 aromatic heterocycles. The Kier molecular flexibility index (Phi) is 5.24. The van der Waals surface area contributed by atoms with E-state index in [0.29, 0.717) is 17.7 Å². The lowest BCUT2D eigenvalue weighted by atomic mass is 10.0. The molecule has 3 N–H and O–H groups in total. The molecule has 7 heteroatoms. The molecule has 3 rings (SSSR count). The summed E-state index contributed by atoms with van der Waals surface area (Å²) in [4.78, 5) is 24.3. The van der Waals surface area contributed by atoms with Gasteiger partial charge in [0.15, 0.2) is 0 Å². The van der Waals surface area contributed by atoms with Gasteiger partial charge in [0.2, 0.25) is 11.8 Å². The Hall–Kier alpha value is -2.22. The first kappa shape index (κ1) is 16.6. The number of ether oxygens (including phenoxy) is 1. The van der Waals surface area contributed by atoms with Crippen molar-refractivity contribution >= 4 is 28.8 Å². The van der Waals surface area contributed by atoms with Crippen molar-refractivity contribution in [3.63, 3.8) is 0 Å². The quantitative estimate of drug-likeness (QED) is 0.765. The van der Waals surface area contributed by atoms with Crippen LogP contribution in [0.4, 0.5) is 5.69 Å². The summed E-state index contributed by atoms with van der Waals surface area (Å²) in [5.74, 6) is -0.318. The zero-order chi connectivity index (χ0) is 16.9. The van der Waals surface area contributed by atoms with Crippen molar-refractivity contribution in [1.82, 2.24) is 5.32 Å². The topological polar surface area (TPSA) is 87.7 Å². The average molecular weight is 346 g/mol. The number of aliphatic hydroxyl groups is 1. The lowest BCUT2D eigenvalue weighted by Crippen LogP contribution is -2.48. The molecule has 0 saturated carbocycles. The summed E-state index contributed by atoms with van der Waals surface area (Å²) in [6.07, 6.45) is -0.516. The Labute approximate surface area is 143 Å². The Morgan fingerprint density at radius 3 is 2.83 bits per heavy atom. The molecule has 2 aromatic rings. The third kappa shape index (κ3) is 4.19. The van der Waals surface area contributed by atoms with Gasteiger partial charge in [0.25, 0.3) is 0 Å². The highest BCUT2D eigenvalue weighted by Gasteiger charge is 2.26. The largest absolute Gasteiger partial charge is 0.386 e. The molecule has 2 atom stereocenters. The van der Waals surface area contributed by atoms with Gasteiger partial charge in [-0.15, -0.1) is 11.3 Å². The van der Waals surface area contributed by atoms with Gasteiger partial charge in [0, 0.05) is 10.6 Å². The molecule has 126 valence electrons. The van der Waals surface area contributed by atoms with Crippen LogP contribution in [0.25, 0.3) is 0 Å². The van der Waals surface area contributed by atoms with Crippen molar-refractivity contribution in [2.45, 2.75) is 18.6 Å². The van der Waals surface area contributed by atoms with E-state index >= 15 is 0 Å². The molecule has 1 saturated heterocycles. The Balaban J connectivity index is 1.58. The molecular weight excluding hydrogens is 328 g/mol. The fourth-order valence-corrected chi connectivity index (χ4v) is 3.21. The molecule has 0 radical (unpaired) electrons. The number of rotatable bonds is 5. The molecule has 0 aliphatic carbocycles. The highest BCUT2D eigenvalue weighted by molar-refractivity contribution is 7.10. The number of hydrogen-bond donors (Lipinski definition) is 3. The molecule has 6 nitrogen and oxygen atoms in total. The number of aliphatic hydroxyl groups excluding tert-OH is 1. The average Bonchev–Trinajstić information content (AvgIpc) is 3.07. The molecule has 0 bridgehead atoms. The summed E-state index contributed by atoms with van der Waals surface area (Å²) < 4.78 is 5.14. The normalized spacial score (nSPS) is 18.7. The van der Waals surface area contributed by atoms with Crippen LogP contribution in [0.15, 0.2) is 41.8 Å². The van der Waals surface area contributed by atoms with Gasteiger partial charge in [-0.25, -0.2) is 0 Å². The van der Waals surface area contributed by atoms with Crippen LogP contribution in [0.2, 0.25) is 0 Å². The number of hydrogen-bond acceptors (Lipinski definition) is 5. The van der Waals surface area contributed by atoms with Gasteiger partial charge in [-0.2, -0.15) is 0 Å². The molecular formula is C17H18N2O4S. The standard InChI is InChI=1S/C17H18N2O4S/c20-15(8-13-2-1-7-24-13)18-12-5-3-11(4-6-12)17(22)14-9-23-10-16(21)19-14/h1-7,14,17,22H,8-10H2,(H,18,20)(H,19,21)/t14-,17-/m1/s1. The van der Waals surface area contributed by atoms with Crippen LogP contribution in [-0.4, -0.2) is 36.2 Å². The molecule has 1 aliphatic rings. The first-order valence-electron chi connectivity index (χ1n) is 7.59. The zero-order valence-electron chi connectivity index (χ0n) is 12.9. The van der Waals surface area contributed by atoms with Crippen LogP contribution in [0.1, 0.15) is 16.5 Å². The van der Waals surface area contributed by atoms with E-state index in [1.165, 1.54) is 0 Å². The number of morpholine rings is 1. The Morgan fingerprint density at radius 2 is 2.17 bits per heavy atom. The summed E-state index contributed by atoms with van der Waals surface area (Å²) in [5.41, 5.74) is 1.32. The van der Waals surface area contributed by atoms with Crippen LogP contribution in [0, 0.1) is 0 Å². The molecule has 1 aliphatic heterocycles. The maximum atomic E-state index is 12.0. The van der Waals surface area contributed by atoms with E-state index in [2.05, 4.69) is 10.6 Å². The van der Waals surface area contributed by atoms with Gasteiger partial charge in [-0.3, -0.25) is 9.59 Å². The van der Waals surface area contributed by atoms with Crippen molar-refractivity contribution in [1.29, 1.82) is 0 Å². The van der Waals surface area contributed by atoms with Crippen molar-refractivity contribution < 1.29 is 19.4 Å². The van der Waals surface area contributed by atoms with Gasteiger partial charge in [-0.1, -0.05) is 18.2 Å². The van der Waals surface area contributed by atoms with Crippen molar-refractivity contribution in [2.24, 2.45) is 0 Å². The number of thiophene rings is 1. The van der Waals surface area contributed by atoms with Crippen LogP contribution < -0.4 is 10.6 Å². The fraction of sp³-hybridized carbons (Fsp3) is 0.294. The number of benzene rings is 1. The van der Waals surface area contributed by atoms with Crippen molar-refractivity contribution in [2.75, 3.05) is 18.5 Å². The summed E-state index contributed by atoms with van der Waals surface area (Å²) in [6, 6.07) is 10.3. The highest BCUT2D eigenvalue weighted by atomic mass is 32.1. The second-order valence-corrected chi connectivity index (χ2v) is 6.59. The SMILES string of the molecule is O=C(Cc1cccs1)Nc1ccc([C@@H](O)[C@H]2COCC(=O)N2)cc1. The molecule has 1 fully saturated rings. The number of carbonyl (C=O) groups is 2. The molecule has 2 heterocycles. The third-order valence-electron chi connectivity index (χ3n) is 3.71. The summed E-state index contributed by atoms with van der Waals surface area (Å²) in [5, 5.41) is 17.8. The second-order valence-electron chi connectivity index (χ2n) is 5.56. The number of amides is 2. The maximum Gasteiger partial charge on any atom is 0.246 e. The molecule has 2 amide bonds. The molecule has 1 aromatic carbocycles. The number of anilines is 1. The fourth-order valence-electron chi connectivity index (χ4n) is 2.51. The lowest BCUT2D eigenvalue weighted by Gasteiger charge is -2.28. The van der Waals surface area contributed by atoms with Crippen LogP contribution in [0.5, 0.6) is 0 Å². The zero-order valence-corrected chi connectivity index (χ0v) is 13.7. The van der Waals surface area contributed by atoms with E-state index in [4.69, 9.17) is 4.74 Å². The smallest absolute Gasteiger partial charge is 0.246 e. The van der Waals surface area contributed by atoms with E-state index in [1.807, 2.05) is 17.5 Å². The van der Waals surface area contributed by atoms with E-state index in [0.717, 1.165) is 4.88 Å². The maximum absolute atomic E-state index is 12.0. The minimum Gasteiger partial charge on any atom is -0.386 e. The van der Waals surface area contributed by atoms with Gasteiger partial charge in [-0.05, 0) is 29.1 Å². The van der Waals surface area contributed by atoms with E-state index in [9.17, 15) is 14.7 Å².